The highest BCUT2D eigenvalue weighted by Gasteiger charge is 2.27. The molecule has 5 nitrogen and oxygen atoms in total. The van der Waals surface area contributed by atoms with Crippen molar-refractivity contribution in [3.63, 3.8) is 0 Å². The molecule has 0 rings (SSSR count). The van der Waals surface area contributed by atoms with Gasteiger partial charge in [0.05, 0.1) is 5.92 Å². The second-order valence-electron chi connectivity index (χ2n) is 4.95. The van der Waals surface area contributed by atoms with Crippen LogP contribution in [0.2, 0.25) is 0 Å². The molecule has 0 amide bonds. The van der Waals surface area contributed by atoms with Crippen LogP contribution in [0.25, 0.3) is 0 Å². The van der Waals surface area contributed by atoms with Gasteiger partial charge in [0.1, 0.15) is 5.60 Å². The molecule has 0 aromatic rings. The van der Waals surface area contributed by atoms with Crippen LogP contribution in [0.5, 0.6) is 0 Å². The highest BCUT2D eigenvalue weighted by atomic mass is 16.6. The molecule has 94 valence electrons. The predicted molar refractivity (Wildman–Crippen MR) is 59.8 cm³/mol. The van der Waals surface area contributed by atoms with Gasteiger partial charge in [0.2, 0.25) is 0 Å². The molecule has 0 aromatic heterocycles. The first kappa shape index (κ1) is 14.9. The maximum atomic E-state index is 11.5. The van der Waals surface area contributed by atoms with Crippen LogP contribution < -0.4 is 5.73 Å². The third-order valence-electron chi connectivity index (χ3n) is 2.17. The molecular formula is C11H21NO4. The van der Waals surface area contributed by atoms with Gasteiger partial charge < -0.3 is 15.6 Å². The van der Waals surface area contributed by atoms with Gasteiger partial charge in [-0.3, -0.25) is 9.59 Å². The first-order valence-electron chi connectivity index (χ1n) is 5.32. The average molecular weight is 231 g/mol. The Morgan fingerprint density at radius 1 is 1.38 bits per heavy atom. The first-order valence-corrected chi connectivity index (χ1v) is 5.32. The van der Waals surface area contributed by atoms with Crippen LogP contribution in [0, 0.1) is 11.8 Å². The van der Waals surface area contributed by atoms with E-state index >= 15 is 0 Å². The number of ether oxygens (including phenoxy) is 1. The lowest BCUT2D eigenvalue weighted by molar-refractivity contribution is -0.156. The lowest BCUT2D eigenvalue weighted by atomic mass is 9.91. The zero-order valence-corrected chi connectivity index (χ0v) is 10.3. The Labute approximate surface area is 96.0 Å². The van der Waals surface area contributed by atoms with Crippen LogP contribution in [0.15, 0.2) is 0 Å². The fourth-order valence-corrected chi connectivity index (χ4v) is 1.36. The van der Waals surface area contributed by atoms with Crippen molar-refractivity contribution in [1.82, 2.24) is 0 Å². The maximum absolute atomic E-state index is 11.5. The largest absolute Gasteiger partial charge is 0.481 e. The Kier molecular flexibility index (Phi) is 5.44. The number of hydrogen-bond donors (Lipinski definition) is 2. The smallest absolute Gasteiger partial charge is 0.308 e. The third-order valence-corrected chi connectivity index (χ3v) is 2.17. The third kappa shape index (κ3) is 5.70. The molecule has 0 radical (unpaired) electrons. The zero-order chi connectivity index (χ0) is 12.9. The summed E-state index contributed by atoms with van der Waals surface area (Å²) in [4.78, 5) is 22.3. The number of hydrogen-bond acceptors (Lipinski definition) is 4. The second kappa shape index (κ2) is 5.84. The molecule has 0 aliphatic heterocycles. The van der Waals surface area contributed by atoms with E-state index < -0.39 is 17.5 Å². The van der Waals surface area contributed by atoms with E-state index in [1.54, 1.807) is 27.7 Å². The SMILES string of the molecule is CC(CC(=O)OC(C)(C)C)C(CN)C(=O)O. The van der Waals surface area contributed by atoms with Gasteiger partial charge in [0.25, 0.3) is 0 Å². The summed E-state index contributed by atoms with van der Waals surface area (Å²) >= 11 is 0. The zero-order valence-electron chi connectivity index (χ0n) is 10.3. The lowest BCUT2D eigenvalue weighted by Crippen LogP contribution is -2.32. The number of esters is 1. The standard InChI is InChI=1S/C11H21NO4/c1-7(8(6-12)10(14)15)5-9(13)16-11(2,3)4/h7-8H,5-6,12H2,1-4H3,(H,14,15). The summed E-state index contributed by atoms with van der Waals surface area (Å²) in [5.74, 6) is -2.39. The number of nitrogens with two attached hydrogens (primary N) is 1. The molecule has 0 aromatic carbocycles. The number of carbonyl (C=O) groups is 2. The predicted octanol–water partition coefficient (Wildman–Crippen LogP) is 1.01. The van der Waals surface area contributed by atoms with Gasteiger partial charge in [-0.25, -0.2) is 0 Å². The molecule has 0 saturated carbocycles. The summed E-state index contributed by atoms with van der Waals surface area (Å²) in [6, 6.07) is 0. The fourth-order valence-electron chi connectivity index (χ4n) is 1.36. The summed E-state index contributed by atoms with van der Waals surface area (Å²) in [5, 5.41) is 8.86. The van der Waals surface area contributed by atoms with Crippen LogP contribution in [0.4, 0.5) is 0 Å². The number of carboxylic acids is 1. The summed E-state index contributed by atoms with van der Waals surface area (Å²) in [5.41, 5.74) is 4.80. The maximum Gasteiger partial charge on any atom is 0.308 e. The molecule has 0 bridgehead atoms. The monoisotopic (exact) mass is 231 g/mol. The van der Waals surface area contributed by atoms with Crippen molar-refractivity contribution in [2.45, 2.75) is 39.7 Å². The molecule has 16 heavy (non-hydrogen) atoms. The van der Waals surface area contributed by atoms with Gasteiger partial charge in [-0.05, 0) is 26.7 Å². The van der Waals surface area contributed by atoms with Gasteiger partial charge in [-0.2, -0.15) is 0 Å². The Morgan fingerprint density at radius 3 is 2.19 bits per heavy atom. The quantitative estimate of drug-likeness (QED) is 0.689. The summed E-state index contributed by atoms with van der Waals surface area (Å²) in [7, 11) is 0. The normalized spacial score (nSPS) is 15.3. The van der Waals surface area contributed by atoms with E-state index in [0.717, 1.165) is 0 Å². The number of carboxylic acid groups (broad SMARTS) is 1. The highest BCUT2D eigenvalue weighted by molar-refractivity contribution is 5.74. The Morgan fingerprint density at radius 2 is 1.88 bits per heavy atom. The Hall–Kier alpha value is -1.10. The second-order valence-corrected chi connectivity index (χ2v) is 4.95. The van der Waals surface area contributed by atoms with E-state index in [0.29, 0.717) is 0 Å². The molecule has 0 aliphatic rings. The van der Waals surface area contributed by atoms with Crippen molar-refractivity contribution in [3.05, 3.63) is 0 Å². The number of rotatable bonds is 5. The number of carbonyl (C=O) groups excluding carboxylic acids is 1. The topological polar surface area (TPSA) is 89.6 Å². The van der Waals surface area contributed by atoms with Crippen molar-refractivity contribution >= 4 is 11.9 Å². The van der Waals surface area contributed by atoms with E-state index in [1.165, 1.54) is 0 Å². The van der Waals surface area contributed by atoms with Crippen molar-refractivity contribution in [3.8, 4) is 0 Å². The minimum atomic E-state index is -0.974. The lowest BCUT2D eigenvalue weighted by Gasteiger charge is -2.22. The molecule has 3 N–H and O–H groups in total. The van der Waals surface area contributed by atoms with Gasteiger partial charge in [-0.15, -0.1) is 0 Å². The van der Waals surface area contributed by atoms with Crippen molar-refractivity contribution in [2.75, 3.05) is 6.54 Å². The average Bonchev–Trinajstić information content (AvgIpc) is 1.99. The van der Waals surface area contributed by atoms with Gasteiger partial charge in [0, 0.05) is 13.0 Å². The van der Waals surface area contributed by atoms with Crippen molar-refractivity contribution < 1.29 is 19.4 Å². The molecule has 0 aliphatic carbocycles. The number of aliphatic carboxylic acids is 1. The summed E-state index contributed by atoms with van der Waals surface area (Å²) in [6.07, 6.45) is 0.0748. The van der Waals surface area contributed by atoms with E-state index in [9.17, 15) is 9.59 Å². The van der Waals surface area contributed by atoms with E-state index in [1.807, 2.05) is 0 Å². The summed E-state index contributed by atoms with van der Waals surface area (Å²) in [6.45, 7) is 7.03. The first-order chi connectivity index (χ1) is 7.17. The summed E-state index contributed by atoms with van der Waals surface area (Å²) < 4.78 is 5.11. The molecule has 0 heterocycles. The van der Waals surface area contributed by atoms with Gasteiger partial charge in [0.15, 0.2) is 0 Å². The Balaban J connectivity index is 4.28. The molecule has 5 heteroatoms. The van der Waals surface area contributed by atoms with Gasteiger partial charge in [-0.1, -0.05) is 6.92 Å². The van der Waals surface area contributed by atoms with Crippen molar-refractivity contribution in [2.24, 2.45) is 17.6 Å². The molecule has 0 saturated heterocycles. The van der Waals surface area contributed by atoms with Crippen LogP contribution in [-0.2, 0) is 14.3 Å². The molecular weight excluding hydrogens is 210 g/mol. The fraction of sp³-hybridized carbons (Fsp3) is 0.818. The Bertz CT molecular complexity index is 257. The minimum Gasteiger partial charge on any atom is -0.481 e. The van der Waals surface area contributed by atoms with E-state index in [4.69, 9.17) is 15.6 Å². The van der Waals surface area contributed by atoms with Crippen molar-refractivity contribution in [1.29, 1.82) is 0 Å². The van der Waals surface area contributed by atoms with Gasteiger partial charge >= 0.3 is 11.9 Å². The molecule has 2 atom stereocenters. The van der Waals surface area contributed by atoms with Crippen LogP contribution >= 0.6 is 0 Å². The van der Waals surface area contributed by atoms with Crippen LogP contribution in [0.3, 0.4) is 0 Å². The van der Waals surface area contributed by atoms with Crippen LogP contribution in [-0.4, -0.2) is 29.2 Å². The minimum absolute atomic E-state index is 0.0271. The molecule has 2 unspecified atom stereocenters. The highest BCUT2D eigenvalue weighted by Crippen LogP contribution is 2.18. The van der Waals surface area contributed by atoms with E-state index in [2.05, 4.69) is 0 Å². The van der Waals surface area contributed by atoms with E-state index in [-0.39, 0.29) is 24.9 Å². The molecule has 0 fully saturated rings. The molecule has 0 spiro atoms. The van der Waals surface area contributed by atoms with Crippen LogP contribution in [0.1, 0.15) is 34.1 Å².